The van der Waals surface area contributed by atoms with E-state index in [9.17, 15) is 9.90 Å². The minimum absolute atomic E-state index is 0.00682. The molecule has 0 radical (unpaired) electrons. The van der Waals surface area contributed by atoms with E-state index in [2.05, 4.69) is 20.9 Å². The number of benzene rings is 2. The number of carbonyl (C=O) groups is 1. The molecule has 0 spiro atoms. The third kappa shape index (κ3) is 4.27. The summed E-state index contributed by atoms with van der Waals surface area (Å²) in [6.07, 6.45) is 0.475. The topological polar surface area (TPSA) is 73.6 Å². The Morgan fingerprint density at radius 1 is 1.23 bits per heavy atom. The van der Waals surface area contributed by atoms with Gasteiger partial charge in [0.25, 0.3) is 0 Å². The Morgan fingerprint density at radius 2 is 1.94 bits per heavy atom. The molecule has 4 rings (SSSR count). The summed E-state index contributed by atoms with van der Waals surface area (Å²) in [4.78, 5) is 16.4. The van der Waals surface area contributed by atoms with Crippen LogP contribution in [-0.4, -0.2) is 27.4 Å². The van der Waals surface area contributed by atoms with Crippen molar-refractivity contribution >= 4 is 45.1 Å². The number of nitrogens with zero attached hydrogens (tertiary/aromatic N) is 2. The predicted octanol–water partition coefficient (Wildman–Crippen LogP) is 6.33. The second-order valence-electron chi connectivity index (χ2n) is 7.50. The second kappa shape index (κ2) is 8.73. The summed E-state index contributed by atoms with van der Waals surface area (Å²) in [5, 5.41) is 10.9. The monoisotopic (exact) mass is 524 g/mol. The molecule has 0 fully saturated rings. The minimum atomic E-state index is -1.09. The number of carboxylic acids is 1. The molecule has 1 aromatic heterocycles. The Kier molecular flexibility index (Phi) is 6.19. The summed E-state index contributed by atoms with van der Waals surface area (Å²) in [5.41, 5.74) is 2.41. The molecule has 1 atom stereocenters. The lowest BCUT2D eigenvalue weighted by molar-refractivity contribution is 0.0689. The van der Waals surface area contributed by atoms with Gasteiger partial charge in [-0.3, -0.25) is 0 Å². The SMILES string of the molecule is CC(C)n1c(Br)nc(C(=O)O)c1C(Cc1cc(Cl)c2c(c1)OCO2)c1ccc(Cl)cc1. The molecular formula is C22H19BrCl2N2O4. The number of aromatic nitrogens is 2. The van der Waals surface area contributed by atoms with E-state index < -0.39 is 5.97 Å². The Hall–Kier alpha value is -2.22. The number of hydrogen-bond donors (Lipinski definition) is 1. The number of imidazole rings is 1. The third-order valence-electron chi connectivity index (χ3n) is 5.15. The summed E-state index contributed by atoms with van der Waals surface area (Å²) in [6, 6.07) is 11.1. The maximum Gasteiger partial charge on any atom is 0.356 e. The first-order valence-corrected chi connectivity index (χ1v) is 11.2. The van der Waals surface area contributed by atoms with Crippen LogP contribution in [0.5, 0.6) is 11.5 Å². The van der Waals surface area contributed by atoms with Gasteiger partial charge in [0.2, 0.25) is 6.79 Å². The number of carboxylic acid groups (broad SMARTS) is 1. The normalized spacial score (nSPS) is 13.6. The average molecular weight is 526 g/mol. The van der Waals surface area contributed by atoms with Crippen molar-refractivity contribution in [3.05, 3.63) is 73.7 Å². The highest BCUT2D eigenvalue weighted by molar-refractivity contribution is 9.10. The quantitative estimate of drug-likeness (QED) is 0.406. The molecule has 2 aromatic carbocycles. The highest BCUT2D eigenvalue weighted by Crippen LogP contribution is 2.42. The van der Waals surface area contributed by atoms with Gasteiger partial charge in [0.1, 0.15) is 0 Å². The van der Waals surface area contributed by atoms with E-state index in [0.29, 0.717) is 38.4 Å². The number of fused-ring (bicyclic) bond motifs is 1. The predicted molar refractivity (Wildman–Crippen MR) is 122 cm³/mol. The number of ether oxygens (including phenoxy) is 2. The van der Waals surface area contributed by atoms with Crippen LogP contribution < -0.4 is 9.47 Å². The molecule has 0 saturated carbocycles. The standard InChI is InChI=1S/C22H19BrCl2N2O4/c1-11(2)27-19(18(21(28)29)26-22(27)23)15(13-3-5-14(24)6-4-13)7-12-8-16(25)20-17(9-12)30-10-31-20/h3-6,8-9,11,15H,7,10H2,1-2H3,(H,28,29). The van der Waals surface area contributed by atoms with Crippen LogP contribution in [0.4, 0.5) is 0 Å². The van der Waals surface area contributed by atoms with E-state index in [1.54, 1.807) is 12.1 Å². The van der Waals surface area contributed by atoms with Gasteiger partial charge in [-0.2, -0.15) is 0 Å². The molecule has 0 saturated heterocycles. The van der Waals surface area contributed by atoms with Gasteiger partial charge in [0.05, 0.1) is 10.7 Å². The minimum Gasteiger partial charge on any atom is -0.476 e. The van der Waals surface area contributed by atoms with Crippen molar-refractivity contribution in [1.29, 1.82) is 0 Å². The Labute approximate surface area is 197 Å². The maximum atomic E-state index is 12.1. The van der Waals surface area contributed by atoms with Crippen LogP contribution in [0.2, 0.25) is 10.0 Å². The van der Waals surface area contributed by atoms with Crippen molar-refractivity contribution < 1.29 is 19.4 Å². The van der Waals surface area contributed by atoms with Crippen LogP contribution in [0.1, 0.15) is 53.1 Å². The van der Waals surface area contributed by atoms with Crippen molar-refractivity contribution in [2.75, 3.05) is 6.79 Å². The van der Waals surface area contributed by atoms with Gasteiger partial charge in [0, 0.05) is 17.0 Å². The van der Waals surface area contributed by atoms with Gasteiger partial charge in [-0.05, 0) is 71.6 Å². The lowest BCUT2D eigenvalue weighted by atomic mass is 9.87. The molecular weight excluding hydrogens is 507 g/mol. The first-order valence-electron chi connectivity index (χ1n) is 9.60. The van der Waals surface area contributed by atoms with Crippen molar-refractivity contribution in [3.63, 3.8) is 0 Å². The number of rotatable bonds is 6. The fraction of sp³-hybridized carbons (Fsp3) is 0.273. The summed E-state index contributed by atoms with van der Waals surface area (Å²) >= 11 is 15.9. The lowest BCUT2D eigenvalue weighted by Crippen LogP contribution is -2.17. The number of halogens is 3. The van der Waals surface area contributed by atoms with Crippen molar-refractivity contribution in [2.45, 2.75) is 32.2 Å². The summed E-state index contributed by atoms with van der Waals surface area (Å²) in [7, 11) is 0. The molecule has 3 aromatic rings. The van der Waals surface area contributed by atoms with Crippen molar-refractivity contribution in [3.8, 4) is 11.5 Å². The maximum absolute atomic E-state index is 12.1. The molecule has 31 heavy (non-hydrogen) atoms. The highest BCUT2D eigenvalue weighted by Gasteiger charge is 2.31. The molecule has 1 unspecified atom stereocenters. The fourth-order valence-electron chi connectivity index (χ4n) is 3.84. The van der Waals surface area contributed by atoms with Gasteiger partial charge in [0.15, 0.2) is 21.9 Å². The average Bonchev–Trinajstić information content (AvgIpc) is 3.31. The van der Waals surface area contributed by atoms with Gasteiger partial charge in [-0.15, -0.1) is 0 Å². The van der Waals surface area contributed by atoms with Gasteiger partial charge >= 0.3 is 5.97 Å². The van der Waals surface area contributed by atoms with Crippen LogP contribution in [0.3, 0.4) is 0 Å². The van der Waals surface area contributed by atoms with Gasteiger partial charge < -0.3 is 19.1 Å². The molecule has 162 valence electrons. The molecule has 0 amide bonds. The fourth-order valence-corrected chi connectivity index (χ4v) is 5.03. The molecule has 0 bridgehead atoms. The zero-order valence-corrected chi connectivity index (χ0v) is 19.8. The smallest absolute Gasteiger partial charge is 0.356 e. The Bertz CT molecular complexity index is 1150. The van der Waals surface area contributed by atoms with E-state index in [1.165, 1.54) is 0 Å². The van der Waals surface area contributed by atoms with E-state index in [0.717, 1.165) is 11.1 Å². The molecule has 1 aliphatic heterocycles. The summed E-state index contributed by atoms with van der Waals surface area (Å²) in [6.45, 7) is 4.09. The first-order chi connectivity index (χ1) is 14.8. The molecule has 1 aliphatic rings. The highest BCUT2D eigenvalue weighted by atomic mass is 79.9. The zero-order chi connectivity index (χ0) is 22.3. The van der Waals surface area contributed by atoms with Gasteiger partial charge in [-0.1, -0.05) is 35.3 Å². The van der Waals surface area contributed by atoms with E-state index in [1.807, 2.05) is 42.7 Å². The summed E-state index contributed by atoms with van der Waals surface area (Å²) in [5.74, 6) is -0.303. The van der Waals surface area contributed by atoms with Crippen molar-refractivity contribution in [1.82, 2.24) is 9.55 Å². The van der Waals surface area contributed by atoms with Crippen LogP contribution >= 0.6 is 39.1 Å². The molecule has 2 heterocycles. The van der Waals surface area contributed by atoms with Crippen LogP contribution in [0.15, 0.2) is 41.1 Å². The lowest BCUT2D eigenvalue weighted by Gasteiger charge is -2.23. The second-order valence-corrected chi connectivity index (χ2v) is 9.06. The summed E-state index contributed by atoms with van der Waals surface area (Å²) < 4.78 is 13.3. The molecule has 0 aliphatic carbocycles. The number of aromatic carboxylic acids is 1. The third-order valence-corrected chi connectivity index (χ3v) is 6.25. The van der Waals surface area contributed by atoms with Crippen LogP contribution in [0.25, 0.3) is 0 Å². The Balaban J connectivity index is 1.88. The molecule has 6 nitrogen and oxygen atoms in total. The van der Waals surface area contributed by atoms with E-state index in [-0.39, 0.29) is 24.4 Å². The van der Waals surface area contributed by atoms with E-state index >= 15 is 0 Å². The molecule has 1 N–H and O–H groups in total. The van der Waals surface area contributed by atoms with Crippen LogP contribution in [-0.2, 0) is 6.42 Å². The van der Waals surface area contributed by atoms with Gasteiger partial charge in [-0.25, -0.2) is 9.78 Å². The van der Waals surface area contributed by atoms with E-state index in [4.69, 9.17) is 32.7 Å². The molecule has 9 heteroatoms. The van der Waals surface area contributed by atoms with Crippen molar-refractivity contribution in [2.24, 2.45) is 0 Å². The first kappa shape index (κ1) is 22.0. The zero-order valence-electron chi connectivity index (χ0n) is 16.7. The number of hydrogen-bond acceptors (Lipinski definition) is 4. The largest absolute Gasteiger partial charge is 0.476 e. The Morgan fingerprint density at radius 3 is 2.58 bits per heavy atom. The van der Waals surface area contributed by atoms with Crippen LogP contribution in [0, 0.1) is 0 Å².